The first-order chi connectivity index (χ1) is 9.69. The van der Waals surface area contributed by atoms with Crippen LogP contribution in [0.2, 0.25) is 0 Å². The lowest BCUT2D eigenvalue weighted by atomic mass is 10.3. The molecule has 104 valence electrons. The van der Waals surface area contributed by atoms with Crippen LogP contribution >= 0.6 is 11.8 Å². The third-order valence-electron chi connectivity index (χ3n) is 2.78. The van der Waals surface area contributed by atoms with Gasteiger partial charge in [0.25, 0.3) is 0 Å². The third-order valence-corrected chi connectivity index (χ3v) is 3.54. The molecule has 0 saturated heterocycles. The first-order valence-corrected chi connectivity index (χ1v) is 7.13. The Morgan fingerprint density at radius 1 is 1.10 bits per heavy atom. The molecule has 1 fully saturated rings. The molecule has 2 heterocycles. The van der Waals surface area contributed by atoms with Crippen molar-refractivity contribution in [2.75, 3.05) is 11.5 Å². The lowest BCUT2D eigenvalue weighted by molar-refractivity contribution is 0.680. The Bertz CT molecular complexity index is 577. The quantitative estimate of drug-likeness (QED) is 0.693. The summed E-state index contributed by atoms with van der Waals surface area (Å²) in [5.74, 6) is 0.676. The molecule has 8 heteroatoms. The fraction of sp³-hybridized carbons (Fsp3) is 0.333. The molecule has 2 aromatic heterocycles. The molecule has 1 saturated carbocycles. The molecule has 5 N–H and O–H groups in total. The topological polar surface area (TPSA) is 116 Å². The summed E-state index contributed by atoms with van der Waals surface area (Å²) in [4.78, 5) is 16.7. The molecule has 3 rings (SSSR count). The van der Waals surface area contributed by atoms with Gasteiger partial charge in [0.2, 0.25) is 0 Å². The molecule has 0 aromatic carbocycles. The number of nitrogens with one attached hydrogen (secondary N) is 1. The van der Waals surface area contributed by atoms with Crippen molar-refractivity contribution in [1.82, 2.24) is 25.3 Å². The van der Waals surface area contributed by atoms with Crippen LogP contribution in [0, 0.1) is 0 Å². The van der Waals surface area contributed by atoms with Gasteiger partial charge in [-0.1, -0.05) is 0 Å². The largest absolute Gasteiger partial charge is 0.383 e. The van der Waals surface area contributed by atoms with Crippen molar-refractivity contribution >= 4 is 23.4 Å². The lowest BCUT2D eigenvalue weighted by Gasteiger charge is -2.04. The Hall–Kier alpha value is -1.93. The van der Waals surface area contributed by atoms with Crippen LogP contribution in [0.4, 0.5) is 11.6 Å². The van der Waals surface area contributed by atoms with Crippen molar-refractivity contribution in [3.63, 3.8) is 0 Å². The second kappa shape index (κ2) is 5.59. The monoisotopic (exact) mass is 289 g/mol. The van der Waals surface area contributed by atoms with Gasteiger partial charge in [-0.15, -0.1) is 0 Å². The number of hydrogen-bond acceptors (Lipinski definition) is 8. The van der Waals surface area contributed by atoms with Gasteiger partial charge in [-0.05, 0) is 24.6 Å². The molecule has 0 unspecified atom stereocenters. The minimum absolute atomic E-state index is 0.338. The van der Waals surface area contributed by atoms with E-state index >= 15 is 0 Å². The first kappa shape index (κ1) is 13.1. The highest BCUT2D eigenvalue weighted by Crippen LogP contribution is 2.22. The van der Waals surface area contributed by atoms with Crippen LogP contribution in [0.25, 0.3) is 0 Å². The average Bonchev–Trinajstić information content (AvgIpc) is 3.21. The molecule has 0 amide bonds. The normalized spacial score (nSPS) is 14.4. The first-order valence-electron chi connectivity index (χ1n) is 6.31. The van der Waals surface area contributed by atoms with E-state index in [1.165, 1.54) is 30.7 Å². The molecule has 7 nitrogen and oxygen atoms in total. The van der Waals surface area contributed by atoms with E-state index in [0.29, 0.717) is 28.0 Å². The highest BCUT2D eigenvalue weighted by atomic mass is 32.2. The smallest absolute Gasteiger partial charge is 0.199 e. The van der Waals surface area contributed by atoms with Gasteiger partial charge in [0, 0.05) is 36.6 Å². The van der Waals surface area contributed by atoms with E-state index in [0.717, 1.165) is 12.1 Å². The number of rotatable bonds is 5. The van der Waals surface area contributed by atoms with Crippen LogP contribution in [0.1, 0.15) is 18.4 Å². The van der Waals surface area contributed by atoms with E-state index in [2.05, 4.69) is 25.3 Å². The fourth-order valence-corrected chi connectivity index (χ4v) is 2.30. The van der Waals surface area contributed by atoms with E-state index in [4.69, 9.17) is 11.5 Å². The second-order valence-electron chi connectivity index (χ2n) is 4.63. The number of anilines is 2. The molecule has 1 aliphatic rings. The lowest BCUT2D eigenvalue weighted by Crippen LogP contribution is -2.15. The summed E-state index contributed by atoms with van der Waals surface area (Å²) >= 11 is 1.24. The predicted molar refractivity (Wildman–Crippen MR) is 76.9 cm³/mol. The highest BCUT2D eigenvalue weighted by molar-refractivity contribution is 7.99. The maximum atomic E-state index is 5.62. The maximum Gasteiger partial charge on any atom is 0.199 e. The van der Waals surface area contributed by atoms with Gasteiger partial charge >= 0.3 is 0 Å². The van der Waals surface area contributed by atoms with Crippen molar-refractivity contribution < 1.29 is 0 Å². The summed E-state index contributed by atoms with van der Waals surface area (Å²) in [7, 11) is 0. The summed E-state index contributed by atoms with van der Waals surface area (Å²) in [5, 5.41) is 4.44. The van der Waals surface area contributed by atoms with Crippen LogP contribution in [0.3, 0.4) is 0 Å². The van der Waals surface area contributed by atoms with Crippen LogP contribution in [0.15, 0.2) is 28.8 Å². The zero-order valence-electron chi connectivity index (χ0n) is 10.8. The molecule has 0 aliphatic heterocycles. The number of aromatic nitrogens is 4. The van der Waals surface area contributed by atoms with Crippen molar-refractivity contribution in [3.8, 4) is 0 Å². The van der Waals surface area contributed by atoms with E-state index in [-0.39, 0.29) is 0 Å². The molecule has 0 bridgehead atoms. The Balaban J connectivity index is 1.64. The zero-order valence-corrected chi connectivity index (χ0v) is 11.6. The summed E-state index contributed by atoms with van der Waals surface area (Å²) < 4.78 is 0. The highest BCUT2D eigenvalue weighted by Gasteiger charge is 2.19. The summed E-state index contributed by atoms with van der Waals surface area (Å²) in [6, 6.07) is 2.19. The fourth-order valence-electron chi connectivity index (χ4n) is 1.63. The third kappa shape index (κ3) is 3.55. The van der Waals surface area contributed by atoms with Gasteiger partial charge in [-0.2, -0.15) is 0 Å². The standard InChI is InChI=1S/C12H15N7S/c13-9-3-10(14)19-12(18-9)20-11-16-5-7(6-17-11)4-15-8-1-2-8/h3,5-6,8,15H,1-2,4H2,(H4,13,14,18,19). The molecule has 0 radical (unpaired) electrons. The van der Waals surface area contributed by atoms with Gasteiger partial charge in [-0.25, -0.2) is 19.9 Å². The molecule has 0 spiro atoms. The molecule has 2 aromatic rings. The minimum Gasteiger partial charge on any atom is -0.383 e. The van der Waals surface area contributed by atoms with Crippen LogP contribution in [-0.4, -0.2) is 26.0 Å². The number of nitrogens with two attached hydrogens (primary N) is 2. The second-order valence-corrected chi connectivity index (χ2v) is 5.57. The molecule has 0 atom stereocenters. The predicted octanol–water partition coefficient (Wildman–Crippen LogP) is 0.834. The molecule has 20 heavy (non-hydrogen) atoms. The maximum absolute atomic E-state index is 5.62. The van der Waals surface area contributed by atoms with Crippen LogP contribution in [0.5, 0.6) is 0 Å². The summed E-state index contributed by atoms with van der Waals surface area (Å²) in [6.07, 6.45) is 6.15. The van der Waals surface area contributed by atoms with E-state index < -0.39 is 0 Å². The summed E-state index contributed by atoms with van der Waals surface area (Å²) in [6.45, 7) is 0.803. The van der Waals surface area contributed by atoms with E-state index in [9.17, 15) is 0 Å². The van der Waals surface area contributed by atoms with Crippen molar-refractivity contribution in [2.24, 2.45) is 0 Å². The van der Waals surface area contributed by atoms with Gasteiger partial charge < -0.3 is 16.8 Å². The Labute approximate surface area is 120 Å². The number of hydrogen-bond donors (Lipinski definition) is 3. The van der Waals surface area contributed by atoms with Crippen LogP contribution in [-0.2, 0) is 6.54 Å². The van der Waals surface area contributed by atoms with Gasteiger partial charge in [0.15, 0.2) is 10.3 Å². The Morgan fingerprint density at radius 3 is 2.35 bits per heavy atom. The Kier molecular flexibility index (Phi) is 3.66. The van der Waals surface area contributed by atoms with Crippen molar-refractivity contribution in [3.05, 3.63) is 24.0 Å². The molecular weight excluding hydrogens is 274 g/mol. The minimum atomic E-state index is 0.338. The molecule has 1 aliphatic carbocycles. The van der Waals surface area contributed by atoms with Gasteiger partial charge in [0.1, 0.15) is 11.6 Å². The van der Waals surface area contributed by atoms with E-state index in [1.807, 2.05) is 0 Å². The van der Waals surface area contributed by atoms with Crippen molar-refractivity contribution in [1.29, 1.82) is 0 Å². The van der Waals surface area contributed by atoms with Crippen LogP contribution < -0.4 is 16.8 Å². The van der Waals surface area contributed by atoms with Gasteiger partial charge in [0.05, 0.1) is 0 Å². The van der Waals surface area contributed by atoms with Gasteiger partial charge in [-0.3, -0.25) is 0 Å². The average molecular weight is 289 g/mol. The Morgan fingerprint density at radius 2 is 1.75 bits per heavy atom. The SMILES string of the molecule is Nc1cc(N)nc(Sc2ncc(CNC3CC3)cn2)n1. The van der Waals surface area contributed by atoms with E-state index in [1.54, 1.807) is 12.4 Å². The van der Waals surface area contributed by atoms with Crippen molar-refractivity contribution in [2.45, 2.75) is 35.7 Å². The number of nitrogens with zero attached hydrogens (tertiary/aromatic N) is 4. The zero-order chi connectivity index (χ0) is 13.9. The summed E-state index contributed by atoms with van der Waals surface area (Å²) in [5.41, 5.74) is 12.3. The molecular formula is C12H15N7S. The number of nitrogen functional groups attached to an aromatic ring is 2.